The van der Waals surface area contributed by atoms with E-state index in [-0.39, 0.29) is 0 Å². The van der Waals surface area contributed by atoms with Gasteiger partial charge in [-0.15, -0.1) is 0 Å². The average molecular weight is 126 g/mol. The molecule has 0 heterocycles. The molecule has 0 aromatic heterocycles. The van der Waals surface area contributed by atoms with Gasteiger partial charge in [0.05, 0.1) is 0 Å². The first-order valence-electron chi connectivity index (χ1n) is 1.27. The summed E-state index contributed by atoms with van der Waals surface area (Å²) in [4.78, 5) is 0. The fourth-order valence-electron chi connectivity index (χ4n) is 0. The van der Waals surface area contributed by atoms with Crippen molar-refractivity contribution in [2.45, 2.75) is 0 Å². The van der Waals surface area contributed by atoms with E-state index < -0.39 is 8.86 Å². The van der Waals surface area contributed by atoms with Crippen LogP contribution >= 0.6 is 0 Å². The summed E-state index contributed by atoms with van der Waals surface area (Å²) in [5, 5.41) is 4.77. The van der Waals surface area contributed by atoms with Crippen LogP contribution in [0.5, 0.6) is 0 Å². The Balaban J connectivity index is 3.85. The highest BCUT2D eigenvalue weighted by molar-refractivity contribution is 8.30. The molecule has 0 spiro atoms. The topological polar surface area (TPSA) is 55.1 Å². The van der Waals surface area contributed by atoms with E-state index in [0.29, 0.717) is 0 Å². The molecule has 0 aromatic carbocycles. The van der Waals surface area contributed by atoms with Crippen LogP contribution in [0.25, 0.3) is 0 Å². The third-order valence-electron chi connectivity index (χ3n) is 0.285. The van der Waals surface area contributed by atoms with Gasteiger partial charge in [-0.2, -0.15) is 0 Å². The standard InChI is InChI=1S/CH6N2OS2/c1-3-6(2,4)5/h3H,1H3,(H2,2,4,5). The van der Waals surface area contributed by atoms with Gasteiger partial charge in [-0.05, 0) is 7.05 Å². The van der Waals surface area contributed by atoms with Crippen LogP contribution in [0.15, 0.2) is 0 Å². The molecule has 0 fully saturated rings. The molecular weight excluding hydrogens is 120 g/mol. The number of nitrogens with two attached hydrogens (primary N) is 1. The van der Waals surface area contributed by atoms with E-state index in [4.69, 9.17) is 5.14 Å². The Labute approximate surface area is 41.9 Å². The van der Waals surface area contributed by atoms with Gasteiger partial charge in [0.2, 0.25) is 0 Å². The van der Waals surface area contributed by atoms with Crippen molar-refractivity contribution in [2.24, 2.45) is 5.14 Å². The van der Waals surface area contributed by atoms with Crippen LogP contribution in [0, 0.1) is 0 Å². The second-order valence-corrected chi connectivity index (χ2v) is 3.73. The van der Waals surface area contributed by atoms with Gasteiger partial charge < -0.3 is 0 Å². The molecule has 3 nitrogen and oxygen atoms in total. The first kappa shape index (κ1) is 6.29. The lowest BCUT2D eigenvalue weighted by molar-refractivity contribution is 0.678. The van der Waals surface area contributed by atoms with Gasteiger partial charge in [-0.1, -0.05) is 0 Å². The molecule has 1 atom stereocenters. The van der Waals surface area contributed by atoms with Crippen molar-refractivity contribution in [1.29, 1.82) is 0 Å². The fourth-order valence-corrected chi connectivity index (χ4v) is 0. The third kappa shape index (κ3) is 4.29. The minimum atomic E-state index is -2.58. The Morgan fingerprint density at radius 1 is 2.00 bits per heavy atom. The molecule has 3 N–H and O–H groups in total. The first-order chi connectivity index (χ1) is 2.56. The second-order valence-electron chi connectivity index (χ2n) is 0.749. The van der Waals surface area contributed by atoms with Crippen LogP contribution < -0.4 is 9.86 Å². The van der Waals surface area contributed by atoms with Crippen molar-refractivity contribution in [3.8, 4) is 0 Å². The maximum atomic E-state index is 10.0. The summed E-state index contributed by atoms with van der Waals surface area (Å²) < 4.78 is 12.3. The van der Waals surface area contributed by atoms with Gasteiger partial charge >= 0.3 is 0 Å². The SMILES string of the molecule is CNS(N)(=O)=S. The largest absolute Gasteiger partial charge is 0.238 e. The smallest absolute Gasteiger partial charge is 0.149 e. The van der Waals surface area contributed by atoms with Crippen molar-refractivity contribution < 1.29 is 4.21 Å². The molecule has 0 aliphatic rings. The van der Waals surface area contributed by atoms with E-state index >= 15 is 0 Å². The van der Waals surface area contributed by atoms with Crippen LogP contribution in [-0.2, 0) is 20.1 Å². The van der Waals surface area contributed by atoms with Crippen LogP contribution in [0.4, 0.5) is 0 Å². The fraction of sp³-hybridized carbons (Fsp3) is 1.00. The molecule has 0 saturated carbocycles. The van der Waals surface area contributed by atoms with E-state index in [2.05, 4.69) is 15.9 Å². The summed E-state index contributed by atoms with van der Waals surface area (Å²) in [6.07, 6.45) is 0. The summed E-state index contributed by atoms with van der Waals surface area (Å²) in [6.45, 7) is 0. The van der Waals surface area contributed by atoms with Gasteiger partial charge in [0.25, 0.3) is 0 Å². The lowest BCUT2D eigenvalue weighted by atomic mass is 11.6. The van der Waals surface area contributed by atoms with E-state index in [1.54, 1.807) is 0 Å². The maximum absolute atomic E-state index is 10.0. The zero-order valence-corrected chi connectivity index (χ0v) is 4.94. The second kappa shape index (κ2) is 1.83. The van der Waals surface area contributed by atoms with Crippen LogP contribution in [-0.4, -0.2) is 11.3 Å². The molecule has 0 saturated heterocycles. The predicted octanol–water partition coefficient (Wildman–Crippen LogP) is -1.26. The molecule has 0 aliphatic carbocycles. The number of hydrogen-bond acceptors (Lipinski definition) is 2. The van der Waals surface area contributed by atoms with Crippen molar-refractivity contribution in [3.05, 3.63) is 0 Å². The summed E-state index contributed by atoms with van der Waals surface area (Å²) in [5.74, 6) is 0. The minimum Gasteiger partial charge on any atom is -0.238 e. The zero-order chi connectivity index (χ0) is 5.21. The molecule has 0 amide bonds. The normalized spacial score (nSPS) is 19.7. The molecule has 0 bridgehead atoms. The molecule has 1 unspecified atom stereocenters. The Hall–Kier alpha value is 0.290. The Bertz CT molecular complexity index is 114. The number of rotatable bonds is 1. The van der Waals surface area contributed by atoms with Crippen molar-refractivity contribution in [2.75, 3.05) is 7.05 Å². The first-order valence-corrected chi connectivity index (χ1v) is 3.82. The highest BCUT2D eigenvalue weighted by Crippen LogP contribution is 1.56. The molecule has 0 aromatic rings. The van der Waals surface area contributed by atoms with Crippen molar-refractivity contribution in [3.63, 3.8) is 0 Å². The molecule has 6 heavy (non-hydrogen) atoms. The van der Waals surface area contributed by atoms with Crippen LogP contribution in [0.2, 0.25) is 0 Å². The van der Waals surface area contributed by atoms with Gasteiger partial charge in [-0.25, -0.2) is 14.1 Å². The van der Waals surface area contributed by atoms with Crippen LogP contribution in [0.3, 0.4) is 0 Å². The average Bonchev–Trinajstić information content (AvgIpc) is 1.35. The van der Waals surface area contributed by atoms with E-state index in [1.807, 2.05) is 0 Å². The van der Waals surface area contributed by atoms with E-state index in [0.717, 1.165) is 0 Å². The summed E-state index contributed by atoms with van der Waals surface area (Å²) in [6, 6.07) is 0. The van der Waals surface area contributed by atoms with Gasteiger partial charge in [-0.3, -0.25) is 0 Å². The Morgan fingerprint density at radius 3 is 2.17 bits per heavy atom. The van der Waals surface area contributed by atoms with Gasteiger partial charge in [0.15, 0.2) is 0 Å². The lowest BCUT2D eigenvalue weighted by Gasteiger charge is -1.89. The number of hydrogen-bond donors (Lipinski definition) is 2. The molecular formula is CH6N2OS2. The van der Waals surface area contributed by atoms with Crippen LogP contribution in [0.1, 0.15) is 0 Å². The van der Waals surface area contributed by atoms with Crippen molar-refractivity contribution in [1.82, 2.24) is 4.72 Å². The quantitative estimate of drug-likeness (QED) is 0.461. The highest BCUT2D eigenvalue weighted by atomic mass is 32.8. The Kier molecular flexibility index (Phi) is 1.92. The predicted molar refractivity (Wildman–Crippen MR) is 28.8 cm³/mol. The van der Waals surface area contributed by atoms with Gasteiger partial charge in [0.1, 0.15) is 8.86 Å². The Morgan fingerprint density at radius 2 is 2.17 bits per heavy atom. The lowest BCUT2D eigenvalue weighted by Crippen LogP contribution is -2.25. The molecule has 0 aliphatic heterocycles. The molecule has 5 heteroatoms. The highest BCUT2D eigenvalue weighted by Gasteiger charge is 1.82. The minimum absolute atomic E-state index is 1.45. The third-order valence-corrected chi connectivity index (χ3v) is 1.35. The van der Waals surface area contributed by atoms with Gasteiger partial charge in [0, 0.05) is 11.2 Å². The summed E-state index contributed by atoms with van der Waals surface area (Å²) >= 11 is 4.18. The van der Waals surface area contributed by atoms with E-state index in [1.165, 1.54) is 7.05 Å². The monoisotopic (exact) mass is 126 g/mol. The summed E-state index contributed by atoms with van der Waals surface area (Å²) in [5.41, 5.74) is 0. The maximum Gasteiger partial charge on any atom is 0.149 e. The van der Waals surface area contributed by atoms with Crippen molar-refractivity contribution >= 4 is 20.1 Å². The zero-order valence-electron chi connectivity index (χ0n) is 3.30. The van der Waals surface area contributed by atoms with E-state index in [9.17, 15) is 4.21 Å². The molecule has 38 valence electrons. The number of nitrogens with one attached hydrogen (secondary N) is 1. The summed E-state index contributed by atoms with van der Waals surface area (Å²) in [7, 11) is -1.12. The molecule has 0 radical (unpaired) electrons. The molecule has 0 rings (SSSR count).